The molecule has 0 aromatic rings. The highest BCUT2D eigenvalue weighted by Gasteiger charge is 2.20. The van der Waals surface area contributed by atoms with E-state index in [9.17, 15) is 0 Å². The maximum absolute atomic E-state index is 5.88. The average Bonchev–Trinajstić information content (AvgIpc) is 1.65. The largest absolute Gasteiger partial charge is 0.0594 e. The van der Waals surface area contributed by atoms with Crippen LogP contribution in [0.5, 0.6) is 0 Å². The molecule has 0 heterocycles. The monoisotopic (exact) mass is 110 g/mol. The summed E-state index contributed by atoms with van der Waals surface area (Å²) in [4.78, 5) is 0. The lowest BCUT2D eigenvalue weighted by Crippen LogP contribution is -2.15. The van der Waals surface area contributed by atoms with Crippen LogP contribution in [0, 0.1) is 12.3 Å². The zero-order chi connectivity index (χ0) is 6.04. The molecule has 1 saturated carbocycles. The summed E-state index contributed by atoms with van der Waals surface area (Å²) in [5.41, 5.74) is 0.179. The van der Waals surface area contributed by atoms with E-state index in [1.165, 1.54) is 32.1 Å². The molecule has 0 amide bonds. The molecule has 0 aliphatic heterocycles. The lowest BCUT2D eigenvalue weighted by molar-refractivity contribution is 0.282. The minimum atomic E-state index is 0.179. The van der Waals surface area contributed by atoms with Crippen LogP contribution in [-0.2, 0) is 0 Å². The molecule has 1 rings (SSSR count). The normalized spacial score (nSPS) is 27.8. The third kappa shape index (κ3) is 1.50. The van der Waals surface area contributed by atoms with E-state index in [1.54, 1.807) is 0 Å². The minimum absolute atomic E-state index is 0.179. The van der Waals surface area contributed by atoms with Crippen LogP contribution in [0.2, 0.25) is 0 Å². The van der Waals surface area contributed by atoms with Crippen LogP contribution in [0.3, 0.4) is 0 Å². The van der Waals surface area contributed by atoms with Gasteiger partial charge in [0.2, 0.25) is 0 Å². The maximum Gasteiger partial charge on any atom is -0.0287 e. The second-order valence-corrected chi connectivity index (χ2v) is 3.21. The topological polar surface area (TPSA) is 0 Å². The predicted molar refractivity (Wildman–Crippen MR) is 35.5 cm³/mol. The summed E-state index contributed by atoms with van der Waals surface area (Å²) in [5, 5.41) is 0. The van der Waals surface area contributed by atoms with Crippen molar-refractivity contribution in [2.45, 2.75) is 39.0 Å². The first-order valence-electron chi connectivity index (χ1n) is 3.50. The Kier molecular flexibility index (Phi) is 1.59. The zero-order valence-electron chi connectivity index (χ0n) is 5.61. The first kappa shape index (κ1) is 6.12. The summed E-state index contributed by atoms with van der Waals surface area (Å²) in [6.45, 7) is 8.04. The molecule has 1 fully saturated rings. The highest BCUT2D eigenvalue weighted by molar-refractivity contribution is 4.79. The van der Waals surface area contributed by atoms with E-state index in [2.05, 4.69) is 6.92 Å². The van der Waals surface area contributed by atoms with Gasteiger partial charge >= 0.3 is 0 Å². The van der Waals surface area contributed by atoms with Gasteiger partial charge in [0.1, 0.15) is 0 Å². The van der Waals surface area contributed by atoms with Crippen molar-refractivity contribution in [2.24, 2.45) is 5.41 Å². The van der Waals surface area contributed by atoms with Crippen LogP contribution in [0.15, 0.2) is 0 Å². The number of hydrogen-bond donors (Lipinski definition) is 0. The zero-order valence-corrected chi connectivity index (χ0v) is 5.61. The van der Waals surface area contributed by atoms with Gasteiger partial charge in [0, 0.05) is 0 Å². The molecule has 0 unspecified atom stereocenters. The molecule has 0 aromatic heterocycles. The minimum Gasteiger partial charge on any atom is -0.0594 e. The predicted octanol–water partition coefficient (Wildman–Crippen LogP) is 2.67. The van der Waals surface area contributed by atoms with Crippen LogP contribution < -0.4 is 0 Å². The van der Waals surface area contributed by atoms with Gasteiger partial charge < -0.3 is 0 Å². The van der Waals surface area contributed by atoms with Crippen molar-refractivity contribution in [3.63, 3.8) is 0 Å². The van der Waals surface area contributed by atoms with Gasteiger partial charge in [-0.1, -0.05) is 26.2 Å². The fraction of sp³-hybridized carbons (Fsp3) is 0.875. The van der Waals surface area contributed by atoms with E-state index in [-0.39, 0.29) is 5.41 Å². The number of hydrogen-bond acceptors (Lipinski definition) is 0. The van der Waals surface area contributed by atoms with Crippen LogP contribution in [-0.4, -0.2) is 0 Å². The van der Waals surface area contributed by atoms with Crippen LogP contribution in [0.25, 0.3) is 0 Å². The van der Waals surface area contributed by atoms with Crippen molar-refractivity contribution in [3.8, 4) is 0 Å². The Morgan fingerprint density at radius 3 is 1.88 bits per heavy atom. The summed E-state index contributed by atoms with van der Waals surface area (Å²) in [6, 6.07) is 0. The SMILES string of the molecule is [CH]C1(C)CCCCC1. The van der Waals surface area contributed by atoms with E-state index < -0.39 is 0 Å². The first-order valence-corrected chi connectivity index (χ1v) is 3.50. The fourth-order valence-electron chi connectivity index (χ4n) is 1.36. The van der Waals surface area contributed by atoms with Crippen LogP contribution >= 0.6 is 0 Å². The molecule has 0 aromatic carbocycles. The Balaban J connectivity index is 2.33. The summed E-state index contributed by atoms with van der Waals surface area (Å²) < 4.78 is 0. The lowest BCUT2D eigenvalue weighted by Gasteiger charge is -2.28. The van der Waals surface area contributed by atoms with Gasteiger partial charge in [0.15, 0.2) is 0 Å². The molecule has 8 heavy (non-hydrogen) atoms. The van der Waals surface area contributed by atoms with E-state index in [4.69, 9.17) is 6.92 Å². The standard InChI is InChI=1S/C8H14/c1-8(2)6-4-3-5-7-8/h1H,3-7H2,2H3. The molecule has 0 nitrogen and oxygen atoms in total. The molecule has 0 N–H and O–H groups in total. The second kappa shape index (κ2) is 2.08. The summed E-state index contributed by atoms with van der Waals surface area (Å²) in [7, 11) is 0. The Morgan fingerprint density at radius 2 is 1.62 bits per heavy atom. The summed E-state index contributed by atoms with van der Waals surface area (Å²) in [5.74, 6) is 0. The van der Waals surface area contributed by atoms with Crippen molar-refractivity contribution >= 4 is 0 Å². The van der Waals surface area contributed by atoms with Gasteiger partial charge in [-0.15, -0.1) is 0 Å². The summed E-state index contributed by atoms with van der Waals surface area (Å²) >= 11 is 0. The lowest BCUT2D eigenvalue weighted by atomic mass is 9.78. The van der Waals surface area contributed by atoms with Crippen LogP contribution in [0.1, 0.15) is 39.0 Å². The third-order valence-corrected chi connectivity index (χ3v) is 2.00. The quantitative estimate of drug-likeness (QED) is 0.449. The Bertz CT molecular complexity index is 64.1. The molecule has 2 radical (unpaired) electrons. The second-order valence-electron chi connectivity index (χ2n) is 3.21. The molecule has 0 bridgehead atoms. The molecule has 46 valence electrons. The van der Waals surface area contributed by atoms with Gasteiger partial charge in [0.25, 0.3) is 0 Å². The van der Waals surface area contributed by atoms with Crippen molar-refractivity contribution < 1.29 is 0 Å². The molecule has 0 saturated heterocycles. The van der Waals surface area contributed by atoms with Crippen molar-refractivity contribution in [1.29, 1.82) is 0 Å². The molecule has 0 atom stereocenters. The van der Waals surface area contributed by atoms with E-state index >= 15 is 0 Å². The molecule has 1 aliphatic rings. The van der Waals surface area contributed by atoms with Crippen molar-refractivity contribution in [3.05, 3.63) is 6.92 Å². The Hall–Kier alpha value is 0. The summed E-state index contributed by atoms with van der Waals surface area (Å²) in [6.07, 6.45) is 6.53. The fourth-order valence-corrected chi connectivity index (χ4v) is 1.36. The van der Waals surface area contributed by atoms with E-state index in [1.807, 2.05) is 0 Å². The Morgan fingerprint density at radius 1 is 1.12 bits per heavy atom. The Labute approximate surface area is 52.3 Å². The number of rotatable bonds is 0. The molecule has 0 heteroatoms. The molecular weight excluding hydrogens is 96.1 g/mol. The van der Waals surface area contributed by atoms with E-state index in [0.29, 0.717) is 0 Å². The third-order valence-electron chi connectivity index (χ3n) is 2.00. The van der Waals surface area contributed by atoms with Gasteiger partial charge in [-0.2, -0.15) is 0 Å². The maximum atomic E-state index is 5.88. The van der Waals surface area contributed by atoms with Crippen molar-refractivity contribution in [2.75, 3.05) is 0 Å². The van der Waals surface area contributed by atoms with Crippen LogP contribution in [0.4, 0.5) is 0 Å². The molecule has 1 aliphatic carbocycles. The smallest absolute Gasteiger partial charge is 0.0287 e. The van der Waals surface area contributed by atoms with Gasteiger partial charge in [0.05, 0.1) is 0 Å². The highest BCUT2D eigenvalue weighted by Crippen LogP contribution is 2.33. The van der Waals surface area contributed by atoms with Crippen molar-refractivity contribution in [1.82, 2.24) is 0 Å². The van der Waals surface area contributed by atoms with Gasteiger partial charge in [-0.25, -0.2) is 0 Å². The van der Waals surface area contributed by atoms with Gasteiger partial charge in [-0.3, -0.25) is 0 Å². The average molecular weight is 110 g/mol. The molecule has 0 spiro atoms. The van der Waals surface area contributed by atoms with Gasteiger partial charge in [-0.05, 0) is 25.2 Å². The first-order chi connectivity index (χ1) is 3.71. The van der Waals surface area contributed by atoms with E-state index in [0.717, 1.165) is 0 Å². The highest BCUT2D eigenvalue weighted by atomic mass is 14.3. The molecular formula is C8H14.